The number of benzene rings is 1. The Kier molecular flexibility index (Phi) is 5.54. The van der Waals surface area contributed by atoms with E-state index in [-0.39, 0.29) is 11.0 Å². The standard InChI is InChI=1S/C16H26O3Si/c1-13(17)18-11-14-7-9-15(10-8-14)12-19-20(5,6)16(2,3)4/h7-10H,11-12H2,1-6H3. The maximum Gasteiger partial charge on any atom is 0.302 e. The molecule has 0 fully saturated rings. The molecule has 0 saturated heterocycles. The Morgan fingerprint density at radius 3 is 1.90 bits per heavy atom. The topological polar surface area (TPSA) is 35.5 Å². The Bertz CT molecular complexity index is 444. The summed E-state index contributed by atoms with van der Waals surface area (Å²) in [5, 5.41) is 0.224. The molecule has 1 aromatic rings. The van der Waals surface area contributed by atoms with Gasteiger partial charge < -0.3 is 9.16 Å². The maximum atomic E-state index is 10.8. The highest BCUT2D eigenvalue weighted by molar-refractivity contribution is 6.74. The van der Waals surface area contributed by atoms with E-state index in [0.717, 1.165) is 11.1 Å². The number of rotatable bonds is 5. The Morgan fingerprint density at radius 2 is 1.50 bits per heavy atom. The average molecular weight is 294 g/mol. The van der Waals surface area contributed by atoms with E-state index in [0.29, 0.717) is 13.2 Å². The highest BCUT2D eigenvalue weighted by atomic mass is 28.4. The van der Waals surface area contributed by atoms with Gasteiger partial charge in [-0.3, -0.25) is 4.79 Å². The fourth-order valence-corrected chi connectivity index (χ4v) is 2.36. The van der Waals surface area contributed by atoms with Crippen LogP contribution >= 0.6 is 0 Å². The quantitative estimate of drug-likeness (QED) is 0.601. The third kappa shape index (κ3) is 5.10. The lowest BCUT2D eigenvalue weighted by Gasteiger charge is -2.36. The average Bonchev–Trinajstić information content (AvgIpc) is 2.34. The molecule has 4 heteroatoms. The van der Waals surface area contributed by atoms with E-state index in [1.807, 2.05) is 24.3 Å². The van der Waals surface area contributed by atoms with Gasteiger partial charge in [-0.05, 0) is 29.3 Å². The van der Waals surface area contributed by atoms with Crippen LogP contribution in [0.1, 0.15) is 38.8 Å². The van der Waals surface area contributed by atoms with Crippen molar-refractivity contribution in [2.24, 2.45) is 0 Å². The second-order valence-electron chi connectivity index (χ2n) is 6.65. The molecule has 0 aliphatic rings. The summed E-state index contributed by atoms with van der Waals surface area (Å²) in [5.74, 6) is -0.254. The lowest BCUT2D eigenvalue weighted by Crippen LogP contribution is -2.40. The van der Waals surface area contributed by atoms with E-state index in [2.05, 4.69) is 33.9 Å². The highest BCUT2D eigenvalue weighted by Gasteiger charge is 2.36. The lowest BCUT2D eigenvalue weighted by molar-refractivity contribution is -0.142. The van der Waals surface area contributed by atoms with E-state index in [1.54, 1.807) is 0 Å². The number of hydrogen-bond acceptors (Lipinski definition) is 3. The summed E-state index contributed by atoms with van der Waals surface area (Å²) in [4.78, 5) is 10.8. The number of carbonyl (C=O) groups excluding carboxylic acids is 1. The van der Waals surface area contributed by atoms with Gasteiger partial charge in [0.15, 0.2) is 8.32 Å². The molecule has 0 spiro atoms. The van der Waals surface area contributed by atoms with Crippen LogP contribution in [-0.4, -0.2) is 14.3 Å². The van der Waals surface area contributed by atoms with E-state index in [9.17, 15) is 4.79 Å². The van der Waals surface area contributed by atoms with Crippen molar-refractivity contribution in [2.45, 2.75) is 59.0 Å². The highest BCUT2D eigenvalue weighted by Crippen LogP contribution is 2.37. The fraction of sp³-hybridized carbons (Fsp3) is 0.562. The molecular formula is C16H26O3Si. The molecule has 0 amide bonds. The molecule has 0 unspecified atom stereocenters. The third-order valence-corrected chi connectivity index (χ3v) is 8.35. The summed E-state index contributed by atoms with van der Waals surface area (Å²) in [5.41, 5.74) is 2.15. The van der Waals surface area contributed by atoms with Crippen molar-refractivity contribution >= 4 is 14.3 Å². The van der Waals surface area contributed by atoms with Gasteiger partial charge in [0.1, 0.15) is 6.61 Å². The molecule has 1 rings (SSSR count). The second kappa shape index (κ2) is 6.55. The first-order chi connectivity index (χ1) is 9.12. The van der Waals surface area contributed by atoms with Crippen LogP contribution in [0.15, 0.2) is 24.3 Å². The molecule has 0 atom stereocenters. The Hall–Kier alpha value is -1.13. The van der Waals surface area contributed by atoms with Crippen LogP contribution < -0.4 is 0 Å². The van der Waals surface area contributed by atoms with Gasteiger partial charge in [0.2, 0.25) is 0 Å². The first kappa shape index (κ1) is 16.9. The predicted octanol–water partition coefficient (Wildman–Crippen LogP) is 4.27. The van der Waals surface area contributed by atoms with Gasteiger partial charge in [-0.15, -0.1) is 0 Å². The number of hydrogen-bond donors (Lipinski definition) is 0. The second-order valence-corrected chi connectivity index (χ2v) is 11.5. The Morgan fingerprint density at radius 1 is 1.05 bits per heavy atom. The summed E-state index contributed by atoms with van der Waals surface area (Å²) in [7, 11) is -1.70. The monoisotopic (exact) mass is 294 g/mol. The van der Waals surface area contributed by atoms with Crippen LogP contribution in [0.4, 0.5) is 0 Å². The summed E-state index contributed by atoms with van der Waals surface area (Å²) in [6.45, 7) is 13.6. The molecule has 0 N–H and O–H groups in total. The first-order valence-corrected chi connectivity index (χ1v) is 9.88. The minimum Gasteiger partial charge on any atom is -0.461 e. The summed E-state index contributed by atoms with van der Waals surface area (Å²) < 4.78 is 11.1. The lowest BCUT2D eigenvalue weighted by atomic mass is 10.1. The molecule has 0 aromatic heterocycles. The molecule has 0 saturated carbocycles. The fourth-order valence-electron chi connectivity index (χ4n) is 1.40. The SMILES string of the molecule is CC(=O)OCc1ccc(CO[Si](C)(C)C(C)(C)C)cc1. The molecule has 0 heterocycles. The van der Waals surface area contributed by atoms with Crippen molar-refractivity contribution in [1.29, 1.82) is 0 Å². The molecular weight excluding hydrogens is 268 g/mol. The minimum atomic E-state index is -1.70. The zero-order valence-corrected chi connectivity index (χ0v) is 14.4. The van der Waals surface area contributed by atoms with E-state index >= 15 is 0 Å². The van der Waals surface area contributed by atoms with Crippen LogP contribution in [0, 0.1) is 0 Å². The molecule has 1 aromatic carbocycles. The first-order valence-electron chi connectivity index (χ1n) is 6.97. The van der Waals surface area contributed by atoms with Gasteiger partial charge in [0.05, 0.1) is 6.61 Å². The van der Waals surface area contributed by atoms with E-state index < -0.39 is 8.32 Å². The molecule has 0 aliphatic carbocycles. The summed E-state index contributed by atoms with van der Waals surface area (Å²) in [6, 6.07) is 8.03. The van der Waals surface area contributed by atoms with Crippen LogP contribution in [0.3, 0.4) is 0 Å². The van der Waals surface area contributed by atoms with Crippen molar-refractivity contribution in [1.82, 2.24) is 0 Å². The number of esters is 1. The van der Waals surface area contributed by atoms with Crippen molar-refractivity contribution < 1.29 is 14.0 Å². The number of carbonyl (C=O) groups is 1. The third-order valence-electron chi connectivity index (χ3n) is 3.87. The normalized spacial score (nSPS) is 12.3. The van der Waals surface area contributed by atoms with Crippen LogP contribution in [0.2, 0.25) is 18.1 Å². The van der Waals surface area contributed by atoms with Gasteiger partial charge in [0, 0.05) is 6.92 Å². The maximum absolute atomic E-state index is 10.8. The van der Waals surface area contributed by atoms with Gasteiger partial charge in [-0.2, -0.15) is 0 Å². The van der Waals surface area contributed by atoms with Crippen LogP contribution in [-0.2, 0) is 27.2 Å². The van der Waals surface area contributed by atoms with E-state index in [4.69, 9.17) is 9.16 Å². The zero-order valence-electron chi connectivity index (χ0n) is 13.4. The van der Waals surface area contributed by atoms with Crippen LogP contribution in [0.5, 0.6) is 0 Å². The molecule has 0 radical (unpaired) electrons. The largest absolute Gasteiger partial charge is 0.461 e. The van der Waals surface area contributed by atoms with Gasteiger partial charge in [-0.25, -0.2) is 0 Å². The Balaban J connectivity index is 2.56. The summed E-state index contributed by atoms with van der Waals surface area (Å²) >= 11 is 0. The molecule has 20 heavy (non-hydrogen) atoms. The van der Waals surface area contributed by atoms with Crippen molar-refractivity contribution in [3.63, 3.8) is 0 Å². The zero-order chi connectivity index (χ0) is 15.4. The minimum absolute atomic E-state index is 0.224. The molecule has 0 aliphatic heterocycles. The van der Waals surface area contributed by atoms with Gasteiger partial charge in [0.25, 0.3) is 0 Å². The molecule has 112 valence electrons. The molecule has 0 bridgehead atoms. The van der Waals surface area contributed by atoms with Crippen molar-refractivity contribution in [2.75, 3.05) is 0 Å². The summed E-state index contributed by atoms with van der Waals surface area (Å²) in [6.07, 6.45) is 0. The van der Waals surface area contributed by atoms with Gasteiger partial charge >= 0.3 is 5.97 Å². The number of ether oxygens (including phenoxy) is 1. The molecule has 3 nitrogen and oxygen atoms in total. The van der Waals surface area contributed by atoms with Gasteiger partial charge in [-0.1, -0.05) is 45.0 Å². The van der Waals surface area contributed by atoms with Crippen LogP contribution in [0.25, 0.3) is 0 Å². The smallest absolute Gasteiger partial charge is 0.302 e. The van der Waals surface area contributed by atoms with Crippen molar-refractivity contribution in [3.8, 4) is 0 Å². The predicted molar refractivity (Wildman–Crippen MR) is 83.9 cm³/mol. The van der Waals surface area contributed by atoms with Crippen molar-refractivity contribution in [3.05, 3.63) is 35.4 Å². The van der Waals surface area contributed by atoms with E-state index in [1.165, 1.54) is 6.92 Å². The Labute approximate surface area is 123 Å².